The van der Waals surface area contributed by atoms with Gasteiger partial charge in [0.15, 0.2) is 8.32 Å². The minimum Gasteiger partial charge on any atom is -0.413 e. The van der Waals surface area contributed by atoms with Gasteiger partial charge in [-0.1, -0.05) is 27.7 Å². The molecule has 132 valence electrons. The van der Waals surface area contributed by atoms with E-state index in [4.69, 9.17) is 14.7 Å². The van der Waals surface area contributed by atoms with Crippen molar-refractivity contribution in [3.63, 3.8) is 0 Å². The van der Waals surface area contributed by atoms with Gasteiger partial charge in [-0.2, -0.15) is 0 Å². The maximum absolute atomic E-state index is 12.1. The molecule has 0 radical (unpaired) electrons. The molecular formula is C16H31N3O3Si. The van der Waals surface area contributed by atoms with Gasteiger partial charge in [-0.3, -0.25) is 4.79 Å². The lowest BCUT2D eigenvalue weighted by atomic mass is 9.87. The minimum absolute atomic E-state index is 0.0431. The number of carbonyl (C=O) groups is 1. The summed E-state index contributed by atoms with van der Waals surface area (Å²) in [4.78, 5) is 14.8. The lowest BCUT2D eigenvalue weighted by molar-refractivity contribution is -0.125. The van der Waals surface area contributed by atoms with Crippen molar-refractivity contribution < 1.29 is 14.0 Å². The third-order valence-electron chi connectivity index (χ3n) is 5.17. The highest BCUT2D eigenvalue weighted by molar-refractivity contribution is 6.74. The fourth-order valence-electron chi connectivity index (χ4n) is 2.69. The monoisotopic (exact) mass is 341 g/mol. The lowest BCUT2D eigenvalue weighted by Gasteiger charge is -2.42. The molecule has 0 aromatic heterocycles. The second kappa shape index (κ2) is 6.93. The second-order valence-corrected chi connectivity index (χ2v) is 13.5. The topological polar surface area (TPSA) is 84.3 Å². The van der Waals surface area contributed by atoms with Crippen molar-refractivity contribution in [2.45, 2.75) is 77.8 Å². The van der Waals surface area contributed by atoms with Crippen LogP contribution in [0.5, 0.6) is 0 Å². The van der Waals surface area contributed by atoms with Gasteiger partial charge in [0.25, 0.3) is 0 Å². The van der Waals surface area contributed by atoms with E-state index in [0.29, 0.717) is 6.61 Å². The van der Waals surface area contributed by atoms with Crippen LogP contribution in [0.3, 0.4) is 0 Å². The predicted molar refractivity (Wildman–Crippen MR) is 93.5 cm³/mol. The first kappa shape index (κ1) is 20.2. The maximum Gasteiger partial charge on any atom is 0.224 e. The Labute approximate surface area is 140 Å². The molecule has 0 aromatic carbocycles. The molecular weight excluding hydrogens is 310 g/mol. The Balaban J connectivity index is 3.07. The van der Waals surface area contributed by atoms with E-state index >= 15 is 0 Å². The van der Waals surface area contributed by atoms with Crippen LogP contribution < -0.4 is 0 Å². The number of hydrogen-bond donors (Lipinski definition) is 0. The molecule has 0 aliphatic carbocycles. The van der Waals surface area contributed by atoms with Gasteiger partial charge in [0.05, 0.1) is 18.3 Å². The molecule has 6 nitrogen and oxygen atoms in total. The van der Waals surface area contributed by atoms with Crippen LogP contribution in [0.2, 0.25) is 18.1 Å². The molecule has 1 heterocycles. The molecule has 23 heavy (non-hydrogen) atoms. The van der Waals surface area contributed by atoms with Crippen LogP contribution in [0.1, 0.15) is 48.0 Å². The minimum atomic E-state index is -2.06. The summed E-state index contributed by atoms with van der Waals surface area (Å²) in [6, 6.07) is 0. The third-order valence-corrected chi connectivity index (χ3v) is 9.64. The molecule has 7 heteroatoms. The molecule has 1 fully saturated rings. The zero-order chi connectivity index (χ0) is 18.1. The smallest absolute Gasteiger partial charge is 0.224 e. The highest BCUT2D eigenvalue weighted by atomic mass is 28.4. The first-order valence-corrected chi connectivity index (χ1v) is 11.1. The number of hydrogen-bond acceptors (Lipinski definition) is 3. The molecule has 1 rings (SSSR count). The lowest BCUT2D eigenvalue weighted by Crippen LogP contribution is -2.49. The Bertz CT molecular complexity index is 493. The van der Waals surface area contributed by atoms with Crippen LogP contribution >= 0.6 is 0 Å². The first-order valence-electron chi connectivity index (χ1n) is 8.21. The number of ether oxygens (including phenoxy) is 1. The molecule has 0 N–H and O–H groups in total. The van der Waals surface area contributed by atoms with Gasteiger partial charge in [0, 0.05) is 16.7 Å². The molecule has 0 saturated carbocycles. The summed E-state index contributed by atoms with van der Waals surface area (Å²) in [5, 5.41) is 3.32. The van der Waals surface area contributed by atoms with Crippen molar-refractivity contribution >= 4 is 14.2 Å². The summed E-state index contributed by atoms with van der Waals surface area (Å²) in [5.74, 6) is -0.796. The van der Waals surface area contributed by atoms with Crippen LogP contribution in [-0.2, 0) is 14.0 Å². The average molecular weight is 342 g/mol. The van der Waals surface area contributed by atoms with Gasteiger partial charge >= 0.3 is 0 Å². The van der Waals surface area contributed by atoms with E-state index in [2.05, 4.69) is 57.7 Å². The number of rotatable bonds is 5. The number of nitrogens with zero attached hydrogens (tertiary/aromatic N) is 3. The molecule has 1 amide bonds. The molecule has 0 aromatic rings. The van der Waals surface area contributed by atoms with Crippen molar-refractivity contribution in [3.05, 3.63) is 10.4 Å². The molecule has 0 bridgehead atoms. The van der Waals surface area contributed by atoms with Crippen molar-refractivity contribution in [2.24, 2.45) is 17.0 Å². The maximum atomic E-state index is 12.1. The fraction of sp³-hybridized carbons (Fsp3) is 0.938. The summed E-state index contributed by atoms with van der Waals surface area (Å²) in [7, 11) is -2.06. The third kappa shape index (κ3) is 5.04. The number of carbonyl (C=O) groups excluding carboxylic acids is 1. The van der Waals surface area contributed by atoms with Crippen molar-refractivity contribution in [2.75, 3.05) is 6.61 Å². The largest absolute Gasteiger partial charge is 0.413 e. The van der Waals surface area contributed by atoms with Gasteiger partial charge in [0.1, 0.15) is 0 Å². The van der Waals surface area contributed by atoms with Crippen LogP contribution in [0.25, 0.3) is 10.4 Å². The van der Waals surface area contributed by atoms with Gasteiger partial charge in [-0.05, 0) is 49.0 Å². The Morgan fingerprint density at radius 3 is 2.39 bits per heavy atom. The van der Waals surface area contributed by atoms with Gasteiger partial charge < -0.3 is 9.16 Å². The van der Waals surface area contributed by atoms with Crippen molar-refractivity contribution in [1.29, 1.82) is 0 Å². The highest BCUT2D eigenvalue weighted by Crippen LogP contribution is 2.42. The molecule has 1 aliphatic heterocycles. The van der Waals surface area contributed by atoms with E-state index in [9.17, 15) is 4.79 Å². The zero-order valence-corrected chi connectivity index (χ0v) is 16.7. The summed E-state index contributed by atoms with van der Waals surface area (Å²) in [6.07, 6.45) is 0.552. The predicted octanol–water partition coefficient (Wildman–Crippen LogP) is 4.66. The second-order valence-electron chi connectivity index (χ2n) is 8.69. The van der Waals surface area contributed by atoms with E-state index in [-0.39, 0.29) is 22.7 Å². The van der Waals surface area contributed by atoms with E-state index < -0.39 is 20.1 Å². The van der Waals surface area contributed by atoms with Crippen molar-refractivity contribution in [3.8, 4) is 0 Å². The van der Waals surface area contributed by atoms with E-state index in [0.717, 1.165) is 6.42 Å². The molecule has 1 saturated heterocycles. The van der Waals surface area contributed by atoms with Crippen LogP contribution in [-0.4, -0.2) is 32.5 Å². The molecule has 0 unspecified atom stereocenters. The van der Waals surface area contributed by atoms with Gasteiger partial charge in [-0.15, -0.1) is 0 Å². The van der Waals surface area contributed by atoms with E-state index in [1.807, 2.05) is 0 Å². The normalized spacial score (nSPS) is 23.9. The summed E-state index contributed by atoms with van der Waals surface area (Å²) in [5.41, 5.74) is 8.35. The first-order chi connectivity index (χ1) is 10.3. The standard InChI is InChI=1S/C16H31N3O3Si/c1-11(14(20)18-19-17)13(12-9-16(5,6)21-10-12)22-23(7,8)15(2,3)4/h11-13H,9-10H2,1-8H3/t11-,12-,13-/m1/s1. The number of amides is 1. The Morgan fingerprint density at radius 2 is 2.00 bits per heavy atom. The van der Waals surface area contributed by atoms with Crippen LogP contribution in [0, 0.1) is 11.8 Å². The summed E-state index contributed by atoms with van der Waals surface area (Å²) in [6.45, 7) is 17.3. The molecule has 3 atom stereocenters. The molecule has 1 aliphatic rings. The van der Waals surface area contributed by atoms with Crippen LogP contribution in [0.4, 0.5) is 0 Å². The Hall–Kier alpha value is -0.883. The summed E-state index contributed by atoms with van der Waals surface area (Å²) < 4.78 is 12.4. The quantitative estimate of drug-likeness (QED) is 0.315. The van der Waals surface area contributed by atoms with E-state index in [1.54, 1.807) is 6.92 Å². The average Bonchev–Trinajstić information content (AvgIpc) is 2.74. The number of azide groups is 1. The Kier molecular flexibility index (Phi) is 6.07. The van der Waals surface area contributed by atoms with E-state index in [1.165, 1.54) is 0 Å². The zero-order valence-electron chi connectivity index (χ0n) is 15.7. The van der Waals surface area contributed by atoms with Crippen LogP contribution in [0.15, 0.2) is 5.11 Å². The molecule has 0 spiro atoms. The highest BCUT2D eigenvalue weighted by Gasteiger charge is 2.46. The van der Waals surface area contributed by atoms with Gasteiger partial charge in [-0.25, -0.2) is 0 Å². The summed E-state index contributed by atoms with van der Waals surface area (Å²) >= 11 is 0. The van der Waals surface area contributed by atoms with Gasteiger partial charge in [0.2, 0.25) is 5.91 Å². The SMILES string of the molecule is C[C@@H](C(=O)N=[N+]=[N-])[C@@H](O[Si](C)(C)C(C)(C)C)[C@H]1COC(C)(C)C1. The Morgan fingerprint density at radius 1 is 1.43 bits per heavy atom. The fourth-order valence-corrected chi connectivity index (χ4v) is 4.12. The van der Waals surface area contributed by atoms with Crippen molar-refractivity contribution in [1.82, 2.24) is 0 Å².